The predicted molar refractivity (Wildman–Crippen MR) is 111 cm³/mol. The van der Waals surface area contributed by atoms with Crippen molar-refractivity contribution < 1.29 is 4.79 Å². The van der Waals surface area contributed by atoms with Crippen LogP contribution >= 0.6 is 12.6 Å². The first kappa shape index (κ1) is 18.3. The minimum atomic E-state index is -0.104. The standard InChI is InChI=1S/C23H23NOS/c1-17-12-14-20(15-13-17)23(25)24-21(18-8-4-2-5-9-18)16-22(26)19-10-6-3-7-11-19/h2-15,21-22,26H,16H2,1H3,(H,24,25)/t21-,22-/m1/s1. The topological polar surface area (TPSA) is 29.1 Å². The lowest BCUT2D eigenvalue weighted by molar-refractivity contribution is 0.0934. The van der Waals surface area contributed by atoms with Crippen molar-refractivity contribution in [1.29, 1.82) is 0 Å². The number of aryl methyl sites for hydroxylation is 1. The van der Waals surface area contributed by atoms with Crippen LogP contribution < -0.4 is 5.32 Å². The third-order valence-corrected chi connectivity index (χ3v) is 4.97. The fourth-order valence-electron chi connectivity index (χ4n) is 2.94. The molecule has 0 bridgehead atoms. The molecule has 1 N–H and O–H groups in total. The van der Waals surface area contributed by atoms with E-state index in [1.807, 2.05) is 79.7 Å². The Labute approximate surface area is 160 Å². The van der Waals surface area contributed by atoms with Crippen LogP contribution in [0.2, 0.25) is 0 Å². The number of nitrogens with one attached hydrogen (secondary N) is 1. The lowest BCUT2D eigenvalue weighted by Crippen LogP contribution is -2.29. The van der Waals surface area contributed by atoms with Crippen LogP contribution in [0.15, 0.2) is 84.9 Å². The quantitative estimate of drug-likeness (QED) is 0.556. The number of carbonyl (C=O) groups excluding carboxylic acids is 1. The number of hydrogen-bond donors (Lipinski definition) is 2. The van der Waals surface area contributed by atoms with Gasteiger partial charge in [0, 0.05) is 10.8 Å². The molecule has 26 heavy (non-hydrogen) atoms. The number of amides is 1. The molecule has 2 nitrogen and oxygen atoms in total. The van der Waals surface area contributed by atoms with Gasteiger partial charge in [-0.1, -0.05) is 78.4 Å². The molecule has 3 aromatic rings. The zero-order chi connectivity index (χ0) is 18.4. The van der Waals surface area contributed by atoms with E-state index in [0.29, 0.717) is 5.56 Å². The summed E-state index contributed by atoms with van der Waals surface area (Å²) in [6.45, 7) is 2.01. The highest BCUT2D eigenvalue weighted by atomic mass is 32.1. The number of carbonyl (C=O) groups is 1. The molecule has 0 spiro atoms. The van der Waals surface area contributed by atoms with Gasteiger partial charge in [0.1, 0.15) is 0 Å². The first-order chi connectivity index (χ1) is 12.6. The molecule has 3 aromatic carbocycles. The van der Waals surface area contributed by atoms with Crippen molar-refractivity contribution in [2.45, 2.75) is 24.6 Å². The summed E-state index contributed by atoms with van der Waals surface area (Å²) in [5.74, 6) is -0.0625. The highest BCUT2D eigenvalue weighted by Crippen LogP contribution is 2.31. The number of thiol groups is 1. The van der Waals surface area contributed by atoms with Crippen LogP contribution in [0, 0.1) is 6.92 Å². The van der Waals surface area contributed by atoms with Gasteiger partial charge in [-0.05, 0) is 36.6 Å². The average molecular weight is 362 g/mol. The fraction of sp³-hybridized carbons (Fsp3) is 0.174. The van der Waals surface area contributed by atoms with Gasteiger partial charge in [-0.3, -0.25) is 4.79 Å². The molecule has 3 heteroatoms. The van der Waals surface area contributed by atoms with Crippen molar-refractivity contribution in [1.82, 2.24) is 5.32 Å². The second kappa shape index (κ2) is 8.72. The molecule has 2 atom stereocenters. The molecule has 132 valence electrons. The molecule has 0 aliphatic rings. The maximum atomic E-state index is 12.7. The Morgan fingerprint density at radius 3 is 1.96 bits per heavy atom. The van der Waals surface area contributed by atoms with Crippen molar-refractivity contribution >= 4 is 18.5 Å². The van der Waals surface area contributed by atoms with Gasteiger partial charge in [-0.2, -0.15) is 12.6 Å². The second-order valence-electron chi connectivity index (χ2n) is 6.46. The smallest absolute Gasteiger partial charge is 0.251 e. The summed E-state index contributed by atoms with van der Waals surface area (Å²) >= 11 is 4.78. The molecule has 0 saturated heterocycles. The number of hydrogen-bond acceptors (Lipinski definition) is 2. The molecule has 0 aliphatic carbocycles. The van der Waals surface area contributed by atoms with Crippen LogP contribution in [0.3, 0.4) is 0 Å². The fourth-order valence-corrected chi connectivity index (χ4v) is 3.33. The maximum absolute atomic E-state index is 12.7. The summed E-state index contributed by atoms with van der Waals surface area (Å²) < 4.78 is 0. The summed E-state index contributed by atoms with van der Waals surface area (Å²) in [6, 6.07) is 27.8. The van der Waals surface area contributed by atoms with Gasteiger partial charge in [0.05, 0.1) is 6.04 Å². The Balaban J connectivity index is 1.79. The Kier molecular flexibility index (Phi) is 6.13. The van der Waals surface area contributed by atoms with Gasteiger partial charge >= 0.3 is 0 Å². The van der Waals surface area contributed by atoms with Crippen molar-refractivity contribution in [2.24, 2.45) is 0 Å². The summed E-state index contributed by atoms with van der Waals surface area (Å²) in [6.07, 6.45) is 0.717. The first-order valence-corrected chi connectivity index (χ1v) is 9.30. The molecule has 0 aliphatic heterocycles. The van der Waals surface area contributed by atoms with E-state index in [1.54, 1.807) is 0 Å². The van der Waals surface area contributed by atoms with E-state index in [0.717, 1.165) is 23.1 Å². The zero-order valence-electron chi connectivity index (χ0n) is 14.8. The Morgan fingerprint density at radius 2 is 1.38 bits per heavy atom. The van der Waals surface area contributed by atoms with Gasteiger partial charge < -0.3 is 5.32 Å². The van der Waals surface area contributed by atoms with E-state index in [4.69, 9.17) is 12.6 Å². The van der Waals surface area contributed by atoms with E-state index < -0.39 is 0 Å². The predicted octanol–water partition coefficient (Wildman–Crippen LogP) is 5.53. The summed E-state index contributed by atoms with van der Waals surface area (Å²) in [5.41, 5.74) is 4.05. The van der Waals surface area contributed by atoms with Gasteiger partial charge in [-0.15, -0.1) is 0 Å². The van der Waals surface area contributed by atoms with Gasteiger partial charge in [0.2, 0.25) is 0 Å². The maximum Gasteiger partial charge on any atom is 0.251 e. The van der Waals surface area contributed by atoms with Gasteiger partial charge in [0.15, 0.2) is 0 Å². The molecular weight excluding hydrogens is 338 g/mol. The van der Waals surface area contributed by atoms with Gasteiger partial charge in [0.25, 0.3) is 5.91 Å². The van der Waals surface area contributed by atoms with E-state index in [1.165, 1.54) is 0 Å². The molecule has 1 amide bonds. The lowest BCUT2D eigenvalue weighted by Gasteiger charge is -2.23. The Morgan fingerprint density at radius 1 is 0.846 bits per heavy atom. The minimum absolute atomic E-state index is 0.0414. The third-order valence-electron chi connectivity index (χ3n) is 4.46. The first-order valence-electron chi connectivity index (χ1n) is 8.79. The van der Waals surface area contributed by atoms with E-state index in [2.05, 4.69) is 17.4 Å². The lowest BCUT2D eigenvalue weighted by atomic mass is 9.98. The van der Waals surface area contributed by atoms with Crippen molar-refractivity contribution in [3.05, 3.63) is 107 Å². The van der Waals surface area contributed by atoms with E-state index in [-0.39, 0.29) is 17.2 Å². The van der Waals surface area contributed by atoms with Gasteiger partial charge in [-0.25, -0.2) is 0 Å². The Bertz CT molecular complexity index is 831. The van der Waals surface area contributed by atoms with Crippen LogP contribution in [-0.4, -0.2) is 5.91 Å². The normalized spacial score (nSPS) is 13.0. The minimum Gasteiger partial charge on any atom is -0.345 e. The van der Waals surface area contributed by atoms with E-state index in [9.17, 15) is 4.79 Å². The third kappa shape index (κ3) is 4.77. The molecule has 0 fully saturated rings. The van der Waals surface area contributed by atoms with Crippen molar-refractivity contribution in [3.8, 4) is 0 Å². The molecule has 0 saturated carbocycles. The monoisotopic (exact) mass is 361 g/mol. The molecule has 0 aromatic heterocycles. The number of benzene rings is 3. The SMILES string of the molecule is Cc1ccc(C(=O)N[C@H](C[C@@H](S)c2ccccc2)c2ccccc2)cc1. The molecule has 0 heterocycles. The molecule has 0 radical (unpaired) electrons. The summed E-state index contributed by atoms with van der Waals surface area (Å²) in [7, 11) is 0. The average Bonchev–Trinajstić information content (AvgIpc) is 2.69. The van der Waals surface area contributed by atoms with Crippen LogP contribution in [0.1, 0.15) is 44.8 Å². The Hall–Kier alpha value is -2.52. The van der Waals surface area contributed by atoms with Crippen molar-refractivity contribution in [2.75, 3.05) is 0 Å². The highest BCUT2D eigenvalue weighted by Gasteiger charge is 2.19. The van der Waals surface area contributed by atoms with Crippen molar-refractivity contribution in [3.63, 3.8) is 0 Å². The molecular formula is C23H23NOS. The summed E-state index contributed by atoms with van der Waals surface area (Å²) in [4.78, 5) is 12.7. The number of rotatable bonds is 6. The largest absolute Gasteiger partial charge is 0.345 e. The van der Waals surface area contributed by atoms with Crippen LogP contribution in [0.4, 0.5) is 0 Å². The van der Waals surface area contributed by atoms with E-state index >= 15 is 0 Å². The van der Waals surface area contributed by atoms with Crippen LogP contribution in [0.5, 0.6) is 0 Å². The highest BCUT2D eigenvalue weighted by molar-refractivity contribution is 7.80. The van der Waals surface area contributed by atoms with Crippen LogP contribution in [0.25, 0.3) is 0 Å². The second-order valence-corrected chi connectivity index (χ2v) is 7.09. The summed E-state index contributed by atoms with van der Waals surface area (Å²) in [5, 5.41) is 3.22. The van der Waals surface area contributed by atoms with Crippen LogP contribution in [-0.2, 0) is 0 Å². The zero-order valence-corrected chi connectivity index (χ0v) is 15.7. The molecule has 0 unspecified atom stereocenters. The molecule has 3 rings (SSSR count).